The molecule has 1 aromatic rings. The molecule has 0 atom stereocenters. The van der Waals surface area contributed by atoms with Crippen LogP contribution in [-0.4, -0.2) is 22.6 Å². The smallest absolute Gasteiger partial charge is 0.428 e. The Bertz CT molecular complexity index is 682. The summed E-state index contributed by atoms with van der Waals surface area (Å²) in [5.74, 6) is -0.734. The van der Waals surface area contributed by atoms with E-state index in [2.05, 4.69) is 10.5 Å². The molecule has 23 heavy (non-hydrogen) atoms. The number of nitrogens with zero attached hydrogens (tertiary/aromatic N) is 2. The van der Waals surface area contributed by atoms with Gasteiger partial charge in [0.1, 0.15) is 23.0 Å². The monoisotopic (exact) mass is 336 g/mol. The van der Waals surface area contributed by atoms with Crippen molar-refractivity contribution in [1.29, 1.82) is 5.26 Å². The van der Waals surface area contributed by atoms with Crippen LogP contribution in [-0.2, 0) is 4.74 Å². The molecule has 0 aliphatic carbocycles. The molecule has 1 rings (SSSR count). The molecule has 1 amide bonds. The van der Waals surface area contributed by atoms with Crippen molar-refractivity contribution in [2.45, 2.75) is 26.4 Å². The summed E-state index contributed by atoms with van der Waals surface area (Å²) in [5.41, 5.74) is 7.02. The number of benzene rings is 1. The summed E-state index contributed by atoms with van der Waals surface area (Å²) in [5, 5.41) is 23.3. The lowest BCUT2D eigenvalue weighted by atomic mass is 10.1. The second-order valence-electron chi connectivity index (χ2n) is 5.45. The van der Waals surface area contributed by atoms with E-state index in [4.69, 9.17) is 27.3 Å². The molecule has 0 radical (unpaired) electrons. The van der Waals surface area contributed by atoms with Crippen molar-refractivity contribution in [3.63, 3.8) is 0 Å². The Morgan fingerprint density at radius 1 is 1.39 bits per heavy atom. The highest BCUT2D eigenvalue weighted by Crippen LogP contribution is 2.18. The van der Waals surface area contributed by atoms with Gasteiger partial charge in [0.25, 0.3) is 0 Å². The Labute approximate surface area is 139 Å². The molecule has 0 saturated heterocycles. The largest absolute Gasteiger partial charge is 0.506 e. The zero-order chi connectivity index (χ0) is 17.6. The van der Waals surface area contributed by atoms with Crippen LogP contribution >= 0.6 is 11.6 Å². The lowest BCUT2D eigenvalue weighted by Gasteiger charge is -2.18. The van der Waals surface area contributed by atoms with Gasteiger partial charge in [-0.3, -0.25) is 0 Å². The number of hydrogen-bond acceptors (Lipinski definition) is 5. The van der Waals surface area contributed by atoms with Crippen LogP contribution in [0.25, 0.3) is 5.76 Å². The van der Waals surface area contributed by atoms with Crippen molar-refractivity contribution in [2.24, 2.45) is 10.8 Å². The SMILES string of the molecule is CC(C)(C)OC(=O)N/N=C(N)/C(C#N)=C(\O)c1ccc(Cl)cc1. The van der Waals surface area contributed by atoms with Crippen LogP contribution in [0.1, 0.15) is 26.3 Å². The lowest BCUT2D eigenvalue weighted by Crippen LogP contribution is -2.31. The van der Waals surface area contributed by atoms with E-state index < -0.39 is 11.7 Å². The van der Waals surface area contributed by atoms with E-state index in [9.17, 15) is 9.90 Å². The molecule has 0 fully saturated rings. The van der Waals surface area contributed by atoms with Gasteiger partial charge in [-0.25, -0.2) is 10.2 Å². The van der Waals surface area contributed by atoms with Gasteiger partial charge >= 0.3 is 6.09 Å². The number of amidine groups is 1. The zero-order valence-corrected chi connectivity index (χ0v) is 13.7. The zero-order valence-electron chi connectivity index (χ0n) is 12.9. The van der Waals surface area contributed by atoms with Gasteiger partial charge in [0, 0.05) is 10.6 Å². The molecule has 7 nitrogen and oxygen atoms in total. The number of rotatable bonds is 3. The van der Waals surface area contributed by atoms with Crippen LogP contribution in [0.5, 0.6) is 0 Å². The average Bonchev–Trinajstić information content (AvgIpc) is 2.44. The summed E-state index contributed by atoms with van der Waals surface area (Å²) in [6.45, 7) is 5.06. The second kappa shape index (κ2) is 7.51. The highest BCUT2D eigenvalue weighted by atomic mass is 35.5. The number of halogens is 1. The number of aliphatic hydroxyl groups excluding tert-OH is 1. The number of nitrogens with two attached hydrogens (primary N) is 1. The number of carbonyl (C=O) groups is 1. The fourth-order valence-corrected chi connectivity index (χ4v) is 1.57. The Hall–Kier alpha value is -2.72. The average molecular weight is 337 g/mol. The van der Waals surface area contributed by atoms with Gasteiger partial charge < -0.3 is 15.6 Å². The number of carbonyl (C=O) groups excluding carboxylic acids is 1. The normalized spacial score (nSPS) is 12.9. The molecule has 0 spiro atoms. The van der Waals surface area contributed by atoms with Gasteiger partial charge in [-0.2, -0.15) is 10.4 Å². The first-order valence-corrected chi connectivity index (χ1v) is 6.93. The minimum Gasteiger partial charge on any atom is -0.506 e. The number of nitriles is 1. The molecule has 0 aliphatic rings. The van der Waals surface area contributed by atoms with E-state index in [0.29, 0.717) is 10.6 Å². The summed E-state index contributed by atoms with van der Waals surface area (Å²) < 4.78 is 4.97. The predicted molar refractivity (Wildman–Crippen MR) is 87.6 cm³/mol. The van der Waals surface area contributed by atoms with E-state index in [0.717, 1.165) is 0 Å². The fraction of sp³-hybridized carbons (Fsp3) is 0.267. The molecule has 0 aliphatic heterocycles. The first-order valence-electron chi connectivity index (χ1n) is 6.56. The van der Waals surface area contributed by atoms with E-state index in [1.54, 1.807) is 39.0 Å². The molecule has 4 N–H and O–H groups in total. The number of aliphatic hydroxyl groups is 1. The van der Waals surface area contributed by atoms with Gasteiger partial charge in [-0.15, -0.1) is 0 Å². The van der Waals surface area contributed by atoms with Crippen LogP contribution in [0, 0.1) is 11.3 Å². The van der Waals surface area contributed by atoms with Crippen molar-refractivity contribution >= 4 is 29.3 Å². The lowest BCUT2D eigenvalue weighted by molar-refractivity contribution is 0.0529. The topological polar surface area (TPSA) is 121 Å². The Kier molecular flexibility index (Phi) is 5.99. The molecule has 0 unspecified atom stereocenters. The maximum atomic E-state index is 11.5. The second-order valence-corrected chi connectivity index (χ2v) is 5.89. The Morgan fingerprint density at radius 2 is 1.96 bits per heavy atom. The molecular weight excluding hydrogens is 320 g/mol. The first kappa shape index (κ1) is 18.3. The number of hydrogen-bond donors (Lipinski definition) is 3. The van der Waals surface area contributed by atoms with Crippen molar-refractivity contribution in [2.75, 3.05) is 0 Å². The number of hydrazone groups is 1. The molecule has 8 heteroatoms. The highest BCUT2D eigenvalue weighted by Gasteiger charge is 2.17. The van der Waals surface area contributed by atoms with Crippen molar-refractivity contribution in [1.82, 2.24) is 5.43 Å². The van der Waals surface area contributed by atoms with Crippen LogP contribution in [0.2, 0.25) is 5.02 Å². The summed E-state index contributed by atoms with van der Waals surface area (Å²) in [7, 11) is 0. The van der Waals surface area contributed by atoms with Crippen LogP contribution < -0.4 is 11.2 Å². The van der Waals surface area contributed by atoms with E-state index in [1.807, 2.05) is 0 Å². The third kappa shape index (κ3) is 5.88. The van der Waals surface area contributed by atoms with Crippen LogP contribution in [0.3, 0.4) is 0 Å². The standard InChI is InChI=1S/C15H17ClN4O3/c1-15(2,3)23-14(22)20-19-13(18)11(8-17)12(21)9-4-6-10(16)7-5-9/h4-7,21H,1-3H3,(H2,18,19)(H,20,22)/b12-11-. The molecule has 0 saturated carbocycles. The molecule has 0 aromatic heterocycles. The van der Waals surface area contributed by atoms with E-state index in [-0.39, 0.29) is 17.2 Å². The van der Waals surface area contributed by atoms with Crippen molar-refractivity contribution in [3.05, 3.63) is 40.4 Å². The highest BCUT2D eigenvalue weighted by molar-refractivity contribution is 6.30. The molecule has 1 aromatic carbocycles. The Morgan fingerprint density at radius 3 is 2.43 bits per heavy atom. The van der Waals surface area contributed by atoms with Crippen molar-refractivity contribution < 1.29 is 14.6 Å². The molecule has 0 bridgehead atoms. The Balaban J connectivity index is 2.98. The third-order valence-electron chi connectivity index (χ3n) is 2.39. The summed E-state index contributed by atoms with van der Waals surface area (Å²) in [4.78, 5) is 11.5. The van der Waals surface area contributed by atoms with Crippen LogP contribution in [0.4, 0.5) is 4.79 Å². The summed E-state index contributed by atoms with van der Waals surface area (Å²) in [6.07, 6.45) is -0.830. The fourth-order valence-electron chi connectivity index (χ4n) is 1.45. The predicted octanol–water partition coefficient (Wildman–Crippen LogP) is 2.93. The molecule has 122 valence electrons. The number of nitrogens with one attached hydrogen (secondary N) is 1. The minimum absolute atomic E-state index is 0.289. The quantitative estimate of drug-likeness (QED) is 0.257. The molecule has 0 heterocycles. The minimum atomic E-state index is -0.830. The maximum Gasteiger partial charge on any atom is 0.428 e. The van der Waals surface area contributed by atoms with Gasteiger partial charge in [0.05, 0.1) is 0 Å². The number of ether oxygens (including phenoxy) is 1. The molecular formula is C15H17ClN4O3. The summed E-state index contributed by atoms with van der Waals surface area (Å²) >= 11 is 5.76. The van der Waals surface area contributed by atoms with E-state index in [1.165, 1.54) is 12.1 Å². The van der Waals surface area contributed by atoms with E-state index >= 15 is 0 Å². The van der Waals surface area contributed by atoms with Gasteiger partial charge in [0.15, 0.2) is 5.84 Å². The van der Waals surface area contributed by atoms with Crippen LogP contribution in [0.15, 0.2) is 34.9 Å². The first-order chi connectivity index (χ1) is 10.6. The van der Waals surface area contributed by atoms with Crippen molar-refractivity contribution in [3.8, 4) is 6.07 Å². The van der Waals surface area contributed by atoms with Gasteiger partial charge in [-0.1, -0.05) is 11.6 Å². The van der Waals surface area contributed by atoms with Gasteiger partial charge in [-0.05, 0) is 45.0 Å². The third-order valence-corrected chi connectivity index (χ3v) is 2.64. The van der Waals surface area contributed by atoms with Gasteiger partial charge in [0.2, 0.25) is 0 Å². The maximum absolute atomic E-state index is 11.5. The summed E-state index contributed by atoms with van der Waals surface area (Å²) in [6, 6.07) is 7.87. The number of amides is 1.